The van der Waals surface area contributed by atoms with Crippen LogP contribution < -0.4 is 4.74 Å². The maximum absolute atomic E-state index is 12.0. The summed E-state index contributed by atoms with van der Waals surface area (Å²) in [7, 11) is 0. The molecule has 1 aromatic heterocycles. The number of amides is 1. The molecule has 0 spiro atoms. The fraction of sp³-hybridized carbons (Fsp3) is 0.105. The van der Waals surface area contributed by atoms with Crippen LogP contribution in [0.2, 0.25) is 10.0 Å². The first kappa shape index (κ1) is 18.9. The van der Waals surface area contributed by atoms with Crippen LogP contribution in [0, 0.1) is 0 Å². The standard InChI is InChI=1S/C19H15Cl2N3O3/c1-2-9-24-15-6-4-3-5-13(15)18(19(24)26)23-22-17(25)11-27-16-10-12(20)7-8-14(16)21/h2-8,10,26H,1,9,11H2. The minimum atomic E-state index is -0.633. The molecule has 3 aromatic rings. The number of fused-ring (bicyclic) bond motifs is 1. The highest BCUT2D eigenvalue weighted by Gasteiger charge is 2.16. The number of aromatic nitrogens is 1. The number of carbonyl (C=O) groups excluding carboxylic acids is 1. The quantitative estimate of drug-likeness (QED) is 0.434. The van der Waals surface area contributed by atoms with Gasteiger partial charge in [-0.1, -0.05) is 47.5 Å². The topological polar surface area (TPSA) is 76.2 Å². The van der Waals surface area contributed by atoms with Gasteiger partial charge in [-0.15, -0.1) is 16.8 Å². The summed E-state index contributed by atoms with van der Waals surface area (Å²) < 4.78 is 6.96. The molecule has 1 amide bonds. The monoisotopic (exact) mass is 403 g/mol. The molecule has 0 saturated carbocycles. The number of hydrogen-bond donors (Lipinski definition) is 1. The zero-order valence-corrected chi connectivity index (χ0v) is 15.6. The van der Waals surface area contributed by atoms with E-state index in [0.29, 0.717) is 22.0 Å². The molecule has 1 heterocycles. The van der Waals surface area contributed by atoms with Gasteiger partial charge in [0.15, 0.2) is 12.3 Å². The van der Waals surface area contributed by atoms with Crippen molar-refractivity contribution in [3.05, 3.63) is 65.2 Å². The lowest BCUT2D eigenvalue weighted by atomic mass is 10.2. The van der Waals surface area contributed by atoms with Crippen LogP contribution in [0.4, 0.5) is 5.69 Å². The second-order valence-corrected chi connectivity index (χ2v) is 6.39. The highest BCUT2D eigenvalue weighted by Crippen LogP contribution is 2.38. The molecule has 3 rings (SSSR count). The van der Waals surface area contributed by atoms with E-state index in [0.717, 1.165) is 5.52 Å². The van der Waals surface area contributed by atoms with Crippen molar-refractivity contribution in [1.82, 2.24) is 4.57 Å². The number of nitrogens with zero attached hydrogens (tertiary/aromatic N) is 3. The molecule has 0 aliphatic carbocycles. The molecule has 0 bridgehead atoms. The van der Waals surface area contributed by atoms with Crippen molar-refractivity contribution in [2.45, 2.75) is 6.54 Å². The van der Waals surface area contributed by atoms with Crippen LogP contribution in [0.25, 0.3) is 10.9 Å². The Hall–Kier alpha value is -2.83. The maximum atomic E-state index is 12.0. The third-order valence-electron chi connectivity index (χ3n) is 3.74. The average Bonchev–Trinajstić information content (AvgIpc) is 2.93. The Kier molecular flexibility index (Phi) is 5.78. The lowest BCUT2D eigenvalue weighted by Crippen LogP contribution is -2.08. The van der Waals surface area contributed by atoms with Gasteiger partial charge in [-0.25, -0.2) is 0 Å². The summed E-state index contributed by atoms with van der Waals surface area (Å²) in [6, 6.07) is 12.0. The average molecular weight is 404 g/mol. The molecular formula is C19H15Cl2N3O3. The summed E-state index contributed by atoms with van der Waals surface area (Å²) in [4.78, 5) is 12.0. The Morgan fingerprint density at radius 1 is 1.26 bits per heavy atom. The molecule has 8 heteroatoms. The van der Waals surface area contributed by atoms with Crippen LogP contribution in [-0.2, 0) is 11.3 Å². The minimum Gasteiger partial charge on any atom is -0.493 e. The van der Waals surface area contributed by atoms with Crippen molar-refractivity contribution in [2.75, 3.05) is 6.61 Å². The molecule has 6 nitrogen and oxygen atoms in total. The second-order valence-electron chi connectivity index (χ2n) is 5.55. The third kappa shape index (κ3) is 4.13. The first-order valence-electron chi connectivity index (χ1n) is 7.94. The van der Waals surface area contributed by atoms with Crippen molar-refractivity contribution in [3.8, 4) is 11.6 Å². The van der Waals surface area contributed by atoms with Crippen LogP contribution in [0.1, 0.15) is 0 Å². The van der Waals surface area contributed by atoms with E-state index in [9.17, 15) is 9.90 Å². The first-order valence-corrected chi connectivity index (χ1v) is 8.70. The fourth-order valence-electron chi connectivity index (χ4n) is 2.55. The van der Waals surface area contributed by atoms with Gasteiger partial charge in [0, 0.05) is 23.0 Å². The minimum absolute atomic E-state index is 0.0912. The van der Waals surface area contributed by atoms with Crippen LogP contribution in [-0.4, -0.2) is 22.2 Å². The number of allylic oxidation sites excluding steroid dienone is 1. The number of halogens is 2. The van der Waals surface area contributed by atoms with E-state index in [1.807, 2.05) is 18.2 Å². The SMILES string of the molecule is C=CCn1c(O)c(N=NC(=O)COc2cc(Cl)ccc2Cl)c2ccccc21. The number of para-hydroxylation sites is 1. The number of ether oxygens (including phenoxy) is 1. The Morgan fingerprint density at radius 3 is 2.81 bits per heavy atom. The zero-order valence-electron chi connectivity index (χ0n) is 14.1. The van der Waals surface area contributed by atoms with Gasteiger partial charge in [0.05, 0.1) is 10.5 Å². The van der Waals surface area contributed by atoms with Gasteiger partial charge in [-0.05, 0) is 18.2 Å². The van der Waals surface area contributed by atoms with E-state index >= 15 is 0 Å². The zero-order chi connectivity index (χ0) is 19.4. The molecule has 0 saturated heterocycles. The van der Waals surface area contributed by atoms with Gasteiger partial charge in [0.2, 0.25) is 5.88 Å². The Bertz CT molecular complexity index is 1040. The molecule has 0 radical (unpaired) electrons. The molecule has 27 heavy (non-hydrogen) atoms. The number of benzene rings is 2. The summed E-state index contributed by atoms with van der Waals surface area (Å²) >= 11 is 11.8. The van der Waals surface area contributed by atoms with Crippen molar-refractivity contribution in [2.24, 2.45) is 10.2 Å². The van der Waals surface area contributed by atoms with Gasteiger partial charge < -0.3 is 14.4 Å². The molecule has 0 fully saturated rings. The summed E-state index contributed by atoms with van der Waals surface area (Å²) in [5, 5.41) is 19.4. The number of hydrogen-bond acceptors (Lipinski definition) is 4. The number of aromatic hydroxyl groups is 1. The molecular weight excluding hydrogens is 389 g/mol. The van der Waals surface area contributed by atoms with E-state index in [2.05, 4.69) is 16.8 Å². The fourth-order valence-corrected chi connectivity index (χ4v) is 2.88. The van der Waals surface area contributed by atoms with Crippen molar-refractivity contribution in [3.63, 3.8) is 0 Å². The Morgan fingerprint density at radius 2 is 2.04 bits per heavy atom. The van der Waals surface area contributed by atoms with Crippen LogP contribution in [0.5, 0.6) is 11.6 Å². The summed E-state index contributed by atoms with van der Waals surface area (Å²) in [5.41, 5.74) is 0.972. The lowest BCUT2D eigenvalue weighted by molar-refractivity contribution is -0.120. The maximum Gasteiger partial charge on any atom is 0.302 e. The smallest absolute Gasteiger partial charge is 0.302 e. The van der Waals surface area contributed by atoms with E-state index in [-0.39, 0.29) is 23.9 Å². The van der Waals surface area contributed by atoms with E-state index in [1.165, 1.54) is 6.07 Å². The van der Waals surface area contributed by atoms with E-state index < -0.39 is 5.91 Å². The van der Waals surface area contributed by atoms with Crippen molar-refractivity contribution >= 4 is 45.7 Å². The Balaban J connectivity index is 1.79. The van der Waals surface area contributed by atoms with Gasteiger partial charge in [0.25, 0.3) is 0 Å². The predicted octanol–water partition coefficient (Wildman–Crippen LogP) is 5.53. The molecule has 0 aliphatic heterocycles. The normalized spacial score (nSPS) is 11.2. The van der Waals surface area contributed by atoms with Gasteiger partial charge >= 0.3 is 5.91 Å². The van der Waals surface area contributed by atoms with Gasteiger partial charge in [-0.2, -0.15) is 0 Å². The predicted molar refractivity (Wildman–Crippen MR) is 105 cm³/mol. The van der Waals surface area contributed by atoms with Crippen molar-refractivity contribution in [1.29, 1.82) is 0 Å². The highest BCUT2D eigenvalue weighted by molar-refractivity contribution is 6.34. The number of carbonyl (C=O) groups is 1. The molecule has 1 N–H and O–H groups in total. The lowest BCUT2D eigenvalue weighted by Gasteiger charge is -2.05. The van der Waals surface area contributed by atoms with Crippen LogP contribution in [0.15, 0.2) is 65.3 Å². The van der Waals surface area contributed by atoms with Gasteiger partial charge in [0.1, 0.15) is 5.75 Å². The van der Waals surface area contributed by atoms with E-state index in [1.54, 1.807) is 28.8 Å². The summed E-state index contributed by atoms with van der Waals surface area (Å²) in [6.07, 6.45) is 1.65. The van der Waals surface area contributed by atoms with Crippen LogP contribution >= 0.6 is 23.2 Å². The third-order valence-corrected chi connectivity index (χ3v) is 4.28. The molecule has 0 unspecified atom stereocenters. The number of azo groups is 1. The largest absolute Gasteiger partial charge is 0.493 e. The van der Waals surface area contributed by atoms with Crippen LogP contribution in [0.3, 0.4) is 0 Å². The van der Waals surface area contributed by atoms with Gasteiger partial charge in [-0.3, -0.25) is 4.79 Å². The molecule has 138 valence electrons. The molecule has 0 atom stereocenters. The molecule has 2 aromatic carbocycles. The summed E-state index contributed by atoms with van der Waals surface area (Å²) in [6.45, 7) is 3.71. The number of rotatable bonds is 6. The Labute approximate surface area is 165 Å². The highest BCUT2D eigenvalue weighted by atomic mass is 35.5. The van der Waals surface area contributed by atoms with Crippen molar-refractivity contribution < 1.29 is 14.6 Å². The first-order chi connectivity index (χ1) is 13.0. The molecule has 0 aliphatic rings. The summed E-state index contributed by atoms with van der Waals surface area (Å²) in [5.74, 6) is -0.449. The second kappa shape index (κ2) is 8.24. The van der Waals surface area contributed by atoms with E-state index in [4.69, 9.17) is 27.9 Å².